The van der Waals surface area contributed by atoms with Crippen molar-refractivity contribution in [3.05, 3.63) is 11.8 Å². The Morgan fingerprint density at radius 3 is 3.11 bits per heavy atom. The van der Waals surface area contributed by atoms with Crippen LogP contribution in [0, 0.1) is 0 Å². The number of aliphatic hydroxyl groups excluding tert-OH is 1. The number of likely N-dealkylation sites (tertiary alicyclic amines) is 1. The van der Waals surface area contributed by atoms with Gasteiger partial charge in [0.15, 0.2) is 0 Å². The average molecular weight is 267 g/mol. The minimum atomic E-state index is -0.133. The third-order valence-electron chi connectivity index (χ3n) is 3.44. The highest BCUT2D eigenvalue weighted by molar-refractivity contribution is 5.91. The van der Waals surface area contributed by atoms with Crippen molar-refractivity contribution >= 4 is 11.8 Å². The lowest BCUT2D eigenvalue weighted by molar-refractivity contribution is -0.117. The van der Waals surface area contributed by atoms with Crippen LogP contribution in [-0.4, -0.2) is 46.8 Å². The summed E-state index contributed by atoms with van der Waals surface area (Å²) in [6, 6.07) is 1.85. The fourth-order valence-corrected chi connectivity index (χ4v) is 2.29. The summed E-state index contributed by atoms with van der Waals surface area (Å²) in [5, 5.41) is 15.8. The molecule has 19 heavy (non-hydrogen) atoms. The van der Waals surface area contributed by atoms with Crippen molar-refractivity contribution in [3.63, 3.8) is 0 Å². The first kappa shape index (κ1) is 14.0. The Morgan fingerprint density at radius 2 is 2.47 bits per heavy atom. The Bertz CT molecular complexity index is 431. The van der Waals surface area contributed by atoms with Gasteiger partial charge in [-0.1, -0.05) is 19.0 Å². The van der Waals surface area contributed by atoms with Crippen LogP contribution in [0.15, 0.2) is 10.6 Å². The molecule has 6 nitrogen and oxygen atoms in total. The normalized spacial score (nSPS) is 20.1. The van der Waals surface area contributed by atoms with E-state index < -0.39 is 0 Å². The molecular weight excluding hydrogens is 246 g/mol. The van der Waals surface area contributed by atoms with Crippen molar-refractivity contribution in [2.45, 2.75) is 38.6 Å². The molecule has 1 aromatic heterocycles. The van der Waals surface area contributed by atoms with Crippen LogP contribution < -0.4 is 5.32 Å². The van der Waals surface area contributed by atoms with Gasteiger partial charge in [-0.3, -0.25) is 15.0 Å². The van der Waals surface area contributed by atoms with E-state index in [-0.39, 0.29) is 31.0 Å². The average Bonchev–Trinajstić information content (AvgIpc) is 2.97. The summed E-state index contributed by atoms with van der Waals surface area (Å²) in [6.45, 7) is 5.27. The second-order valence-corrected chi connectivity index (χ2v) is 5.27. The number of anilines is 1. The number of carbonyl (C=O) groups excluding carboxylic acids is 1. The van der Waals surface area contributed by atoms with Crippen LogP contribution in [0.1, 0.15) is 38.3 Å². The Morgan fingerprint density at radius 1 is 1.68 bits per heavy atom. The quantitative estimate of drug-likeness (QED) is 0.838. The van der Waals surface area contributed by atoms with Crippen molar-refractivity contribution in [2.24, 2.45) is 0 Å². The van der Waals surface area contributed by atoms with Gasteiger partial charge in [-0.05, 0) is 25.3 Å². The van der Waals surface area contributed by atoms with Crippen molar-refractivity contribution in [3.8, 4) is 0 Å². The number of hydrogen-bond acceptors (Lipinski definition) is 5. The van der Waals surface area contributed by atoms with E-state index in [1.54, 1.807) is 6.07 Å². The van der Waals surface area contributed by atoms with E-state index in [1.165, 1.54) is 0 Å². The van der Waals surface area contributed by atoms with E-state index in [1.807, 2.05) is 18.7 Å². The Hall–Kier alpha value is -1.40. The minimum absolute atomic E-state index is 0.103. The molecule has 1 fully saturated rings. The number of aromatic nitrogens is 1. The van der Waals surface area contributed by atoms with Gasteiger partial charge >= 0.3 is 0 Å². The minimum Gasteiger partial charge on any atom is -0.395 e. The van der Waals surface area contributed by atoms with E-state index >= 15 is 0 Å². The third kappa shape index (κ3) is 3.54. The zero-order valence-corrected chi connectivity index (χ0v) is 11.4. The predicted octanol–water partition coefficient (Wildman–Crippen LogP) is 1.19. The molecule has 0 spiro atoms. The molecule has 2 rings (SSSR count). The number of amides is 1. The maximum atomic E-state index is 11.9. The summed E-state index contributed by atoms with van der Waals surface area (Å²) in [7, 11) is 0. The van der Waals surface area contributed by atoms with Gasteiger partial charge in [0.05, 0.1) is 18.8 Å². The molecule has 2 heterocycles. The lowest BCUT2D eigenvalue weighted by Crippen LogP contribution is -2.38. The molecule has 1 aromatic rings. The summed E-state index contributed by atoms with van der Waals surface area (Å²) >= 11 is 0. The molecule has 1 atom stereocenters. The standard InChI is InChI=1S/C13H21N3O3/c1-9(2)11-6-13(19-15-11)14-12(18)7-16-5-3-4-10(16)8-17/h6,9-10,17H,3-5,7-8H2,1-2H3,(H,14,18). The third-order valence-corrected chi connectivity index (χ3v) is 3.44. The van der Waals surface area contributed by atoms with Crippen molar-refractivity contribution in [2.75, 3.05) is 25.0 Å². The van der Waals surface area contributed by atoms with Gasteiger partial charge in [-0.15, -0.1) is 0 Å². The number of carbonyl (C=O) groups is 1. The molecule has 1 aliphatic rings. The summed E-state index contributed by atoms with van der Waals surface area (Å²) in [4.78, 5) is 13.9. The van der Waals surface area contributed by atoms with Crippen LogP contribution in [0.3, 0.4) is 0 Å². The fraction of sp³-hybridized carbons (Fsp3) is 0.692. The second-order valence-electron chi connectivity index (χ2n) is 5.27. The van der Waals surface area contributed by atoms with E-state index in [9.17, 15) is 9.90 Å². The predicted molar refractivity (Wildman–Crippen MR) is 70.9 cm³/mol. The fourth-order valence-electron chi connectivity index (χ4n) is 2.29. The monoisotopic (exact) mass is 267 g/mol. The molecule has 2 N–H and O–H groups in total. The van der Waals surface area contributed by atoms with Crippen LogP contribution in [0.25, 0.3) is 0 Å². The molecule has 1 unspecified atom stereocenters. The summed E-state index contributed by atoms with van der Waals surface area (Å²) < 4.78 is 5.06. The number of nitrogens with one attached hydrogen (secondary N) is 1. The summed E-state index contributed by atoms with van der Waals surface area (Å²) in [5.41, 5.74) is 0.824. The first-order valence-corrected chi connectivity index (χ1v) is 6.71. The summed E-state index contributed by atoms with van der Waals surface area (Å²) in [6.07, 6.45) is 1.97. The van der Waals surface area contributed by atoms with E-state index in [2.05, 4.69) is 10.5 Å². The second kappa shape index (κ2) is 6.16. The molecule has 0 aliphatic carbocycles. The van der Waals surface area contributed by atoms with Crippen molar-refractivity contribution in [1.82, 2.24) is 10.1 Å². The molecular formula is C13H21N3O3. The van der Waals surface area contributed by atoms with Crippen molar-refractivity contribution < 1.29 is 14.4 Å². The molecule has 6 heteroatoms. The number of nitrogens with zero attached hydrogens (tertiary/aromatic N) is 2. The Labute approximate surface area is 112 Å². The van der Waals surface area contributed by atoms with Crippen LogP contribution in [-0.2, 0) is 4.79 Å². The maximum absolute atomic E-state index is 11.9. The largest absolute Gasteiger partial charge is 0.395 e. The van der Waals surface area contributed by atoms with Crippen molar-refractivity contribution in [1.29, 1.82) is 0 Å². The molecule has 1 aliphatic heterocycles. The number of rotatable bonds is 5. The van der Waals surface area contributed by atoms with Gasteiger partial charge in [0.2, 0.25) is 11.8 Å². The highest BCUT2D eigenvalue weighted by atomic mass is 16.5. The molecule has 0 saturated carbocycles. The van der Waals surface area contributed by atoms with E-state index in [0.29, 0.717) is 5.88 Å². The summed E-state index contributed by atoms with van der Waals surface area (Å²) in [5.74, 6) is 0.520. The Kier molecular flexibility index (Phi) is 4.55. The first-order valence-electron chi connectivity index (χ1n) is 6.71. The van der Waals surface area contributed by atoms with Gasteiger partial charge in [-0.25, -0.2) is 0 Å². The first-order chi connectivity index (χ1) is 9.10. The highest BCUT2D eigenvalue weighted by Gasteiger charge is 2.25. The van der Waals surface area contributed by atoms with Gasteiger partial charge < -0.3 is 9.63 Å². The molecule has 0 bridgehead atoms. The lowest BCUT2D eigenvalue weighted by atomic mass is 10.1. The van der Waals surface area contributed by atoms with Gasteiger partial charge in [0.25, 0.3) is 0 Å². The topological polar surface area (TPSA) is 78.6 Å². The van der Waals surface area contributed by atoms with Crippen LogP contribution in [0.5, 0.6) is 0 Å². The number of aliphatic hydroxyl groups is 1. The van der Waals surface area contributed by atoms with Crippen LogP contribution in [0.4, 0.5) is 5.88 Å². The molecule has 106 valence electrons. The highest BCUT2D eigenvalue weighted by Crippen LogP contribution is 2.19. The molecule has 0 aromatic carbocycles. The number of hydrogen-bond donors (Lipinski definition) is 2. The van der Waals surface area contributed by atoms with Crippen LogP contribution >= 0.6 is 0 Å². The van der Waals surface area contributed by atoms with Gasteiger partial charge in [-0.2, -0.15) is 0 Å². The molecule has 0 radical (unpaired) electrons. The smallest absolute Gasteiger partial charge is 0.240 e. The van der Waals surface area contributed by atoms with Crippen LogP contribution in [0.2, 0.25) is 0 Å². The molecule has 1 saturated heterocycles. The maximum Gasteiger partial charge on any atom is 0.240 e. The Balaban J connectivity index is 1.86. The zero-order chi connectivity index (χ0) is 13.8. The van der Waals surface area contributed by atoms with Gasteiger partial charge in [0.1, 0.15) is 0 Å². The van der Waals surface area contributed by atoms with E-state index in [4.69, 9.17) is 4.52 Å². The SMILES string of the molecule is CC(C)c1cc(NC(=O)CN2CCCC2CO)on1. The van der Waals surface area contributed by atoms with Gasteiger partial charge in [0, 0.05) is 12.1 Å². The van der Waals surface area contributed by atoms with E-state index in [0.717, 1.165) is 25.1 Å². The zero-order valence-electron chi connectivity index (χ0n) is 11.4. The molecule has 1 amide bonds. The lowest BCUT2D eigenvalue weighted by Gasteiger charge is -2.21.